The number of nitrogens with one attached hydrogen (secondary N) is 1. The molecule has 1 heterocycles. The van der Waals surface area contributed by atoms with Gasteiger partial charge in [-0.25, -0.2) is 13.4 Å². The zero-order chi connectivity index (χ0) is 15.7. The van der Waals surface area contributed by atoms with Crippen molar-refractivity contribution in [2.24, 2.45) is 0 Å². The summed E-state index contributed by atoms with van der Waals surface area (Å²) in [7, 11) is -3.29. The molecule has 0 bridgehead atoms. The normalized spacial score (nSPS) is 11.7. The quantitative estimate of drug-likeness (QED) is 0.805. The van der Waals surface area contributed by atoms with Crippen LogP contribution in [-0.4, -0.2) is 24.2 Å². The molecule has 0 spiro atoms. The van der Waals surface area contributed by atoms with Crippen molar-refractivity contribution in [2.75, 3.05) is 11.0 Å². The molecule has 1 N–H and O–H groups in total. The Labute approximate surface area is 129 Å². The summed E-state index contributed by atoms with van der Waals surface area (Å²) in [5, 5.41) is 0. The van der Waals surface area contributed by atoms with Gasteiger partial charge in [0, 0.05) is 12.1 Å². The Hall–Kier alpha value is -2.34. The highest BCUT2D eigenvalue weighted by Crippen LogP contribution is 2.25. The lowest BCUT2D eigenvalue weighted by molar-refractivity contribution is 0.607. The molecule has 0 fully saturated rings. The summed E-state index contributed by atoms with van der Waals surface area (Å²) < 4.78 is 27.3. The smallest absolute Gasteiger partial charge is 0.229 e. The van der Waals surface area contributed by atoms with Crippen LogP contribution in [0.2, 0.25) is 0 Å². The predicted octanol–water partition coefficient (Wildman–Crippen LogP) is 2.96. The summed E-state index contributed by atoms with van der Waals surface area (Å²) in [5.74, 6) is 0.942. The fourth-order valence-corrected chi connectivity index (χ4v) is 3.07. The van der Waals surface area contributed by atoms with E-state index in [0.717, 1.165) is 35.2 Å². The SMILES string of the molecule is CCc1nc2cc(NS(C)(=O)=O)ccc2n1-c1ccccc1. The lowest BCUT2D eigenvalue weighted by Gasteiger charge is -2.08. The molecule has 0 unspecified atom stereocenters. The van der Waals surface area contributed by atoms with Crippen LogP contribution in [0.1, 0.15) is 12.7 Å². The molecule has 0 amide bonds. The summed E-state index contributed by atoms with van der Waals surface area (Å²) in [4.78, 5) is 4.63. The van der Waals surface area contributed by atoms with E-state index in [4.69, 9.17) is 0 Å². The van der Waals surface area contributed by atoms with E-state index in [-0.39, 0.29) is 0 Å². The van der Waals surface area contributed by atoms with Gasteiger partial charge in [0.15, 0.2) is 0 Å². The van der Waals surface area contributed by atoms with E-state index in [1.165, 1.54) is 0 Å². The molecule has 6 heteroatoms. The predicted molar refractivity (Wildman–Crippen MR) is 88.9 cm³/mol. The number of aryl methyl sites for hydroxylation is 1. The van der Waals surface area contributed by atoms with Gasteiger partial charge in [-0.15, -0.1) is 0 Å². The third-order valence-corrected chi connectivity index (χ3v) is 3.96. The number of para-hydroxylation sites is 1. The fraction of sp³-hybridized carbons (Fsp3) is 0.188. The average molecular weight is 315 g/mol. The van der Waals surface area contributed by atoms with Crippen LogP contribution in [0.25, 0.3) is 16.7 Å². The molecule has 114 valence electrons. The first-order valence-electron chi connectivity index (χ1n) is 7.02. The van der Waals surface area contributed by atoms with Crippen LogP contribution in [0.3, 0.4) is 0 Å². The van der Waals surface area contributed by atoms with Crippen molar-refractivity contribution >= 4 is 26.7 Å². The van der Waals surface area contributed by atoms with Crippen LogP contribution in [0.5, 0.6) is 0 Å². The van der Waals surface area contributed by atoms with Crippen molar-refractivity contribution in [3.8, 4) is 5.69 Å². The topological polar surface area (TPSA) is 64.0 Å². The van der Waals surface area contributed by atoms with Gasteiger partial charge in [-0.2, -0.15) is 0 Å². The number of anilines is 1. The van der Waals surface area contributed by atoms with Gasteiger partial charge in [-0.3, -0.25) is 9.29 Å². The maximum absolute atomic E-state index is 11.3. The second-order valence-electron chi connectivity index (χ2n) is 5.13. The van der Waals surface area contributed by atoms with E-state index in [2.05, 4.69) is 21.2 Å². The van der Waals surface area contributed by atoms with Gasteiger partial charge in [0.1, 0.15) is 5.82 Å². The summed E-state index contributed by atoms with van der Waals surface area (Å²) in [6, 6.07) is 15.4. The number of fused-ring (bicyclic) bond motifs is 1. The van der Waals surface area contributed by atoms with Crippen molar-refractivity contribution in [1.29, 1.82) is 0 Å². The minimum atomic E-state index is -3.29. The highest BCUT2D eigenvalue weighted by Gasteiger charge is 2.12. The first-order chi connectivity index (χ1) is 10.5. The zero-order valence-electron chi connectivity index (χ0n) is 12.4. The monoisotopic (exact) mass is 315 g/mol. The van der Waals surface area contributed by atoms with E-state index in [1.807, 2.05) is 36.4 Å². The van der Waals surface area contributed by atoms with Gasteiger partial charge in [-0.1, -0.05) is 25.1 Å². The van der Waals surface area contributed by atoms with E-state index in [0.29, 0.717) is 5.69 Å². The Morgan fingerprint density at radius 2 is 1.86 bits per heavy atom. The molecule has 0 aliphatic heterocycles. The number of aromatic nitrogens is 2. The minimum Gasteiger partial charge on any atom is -0.296 e. The Bertz CT molecular complexity index is 915. The van der Waals surface area contributed by atoms with Crippen LogP contribution >= 0.6 is 0 Å². The number of hydrogen-bond acceptors (Lipinski definition) is 3. The fourth-order valence-electron chi connectivity index (χ4n) is 2.51. The molecule has 0 radical (unpaired) electrons. The van der Waals surface area contributed by atoms with Crippen molar-refractivity contribution in [2.45, 2.75) is 13.3 Å². The van der Waals surface area contributed by atoms with Crippen LogP contribution in [-0.2, 0) is 16.4 Å². The summed E-state index contributed by atoms with van der Waals surface area (Å²) >= 11 is 0. The molecular formula is C16H17N3O2S. The van der Waals surface area contributed by atoms with Gasteiger partial charge in [0.05, 0.1) is 23.0 Å². The van der Waals surface area contributed by atoms with E-state index in [9.17, 15) is 8.42 Å². The highest BCUT2D eigenvalue weighted by atomic mass is 32.2. The van der Waals surface area contributed by atoms with Gasteiger partial charge in [0.25, 0.3) is 0 Å². The van der Waals surface area contributed by atoms with Gasteiger partial charge in [-0.05, 0) is 30.3 Å². The molecule has 22 heavy (non-hydrogen) atoms. The number of sulfonamides is 1. The number of benzene rings is 2. The molecule has 2 aromatic carbocycles. The van der Waals surface area contributed by atoms with Crippen molar-refractivity contribution in [1.82, 2.24) is 9.55 Å². The average Bonchev–Trinajstić information content (AvgIpc) is 2.84. The minimum absolute atomic E-state index is 0.523. The van der Waals surface area contributed by atoms with Crippen LogP contribution in [0, 0.1) is 0 Å². The molecule has 0 saturated carbocycles. The Morgan fingerprint density at radius 1 is 1.14 bits per heavy atom. The van der Waals surface area contributed by atoms with Gasteiger partial charge >= 0.3 is 0 Å². The molecule has 3 aromatic rings. The third-order valence-electron chi connectivity index (χ3n) is 3.36. The van der Waals surface area contributed by atoms with Crippen molar-refractivity contribution in [3.63, 3.8) is 0 Å². The summed E-state index contributed by atoms with van der Waals surface area (Å²) in [5.41, 5.74) is 3.30. The van der Waals surface area contributed by atoms with Gasteiger partial charge in [0.2, 0.25) is 10.0 Å². The van der Waals surface area contributed by atoms with E-state index in [1.54, 1.807) is 12.1 Å². The first kappa shape index (κ1) is 14.6. The van der Waals surface area contributed by atoms with Crippen molar-refractivity contribution in [3.05, 3.63) is 54.4 Å². The molecule has 0 aliphatic carbocycles. The second-order valence-corrected chi connectivity index (χ2v) is 6.88. The van der Waals surface area contributed by atoms with E-state index < -0.39 is 10.0 Å². The Balaban J connectivity index is 2.17. The molecule has 0 saturated heterocycles. The van der Waals surface area contributed by atoms with E-state index >= 15 is 0 Å². The number of hydrogen-bond donors (Lipinski definition) is 1. The lowest BCUT2D eigenvalue weighted by atomic mass is 10.2. The molecule has 3 rings (SSSR count). The van der Waals surface area contributed by atoms with Crippen LogP contribution in [0.15, 0.2) is 48.5 Å². The summed E-state index contributed by atoms with van der Waals surface area (Å²) in [6.07, 6.45) is 1.93. The Morgan fingerprint density at radius 3 is 2.50 bits per heavy atom. The van der Waals surface area contributed by atoms with Crippen LogP contribution < -0.4 is 4.72 Å². The first-order valence-corrected chi connectivity index (χ1v) is 8.91. The van der Waals surface area contributed by atoms with Crippen molar-refractivity contribution < 1.29 is 8.42 Å². The maximum Gasteiger partial charge on any atom is 0.229 e. The standard InChI is InChI=1S/C16H17N3O2S/c1-3-16-17-14-11-12(18-22(2,20)21)9-10-15(14)19(16)13-7-5-4-6-8-13/h4-11,18H,3H2,1-2H3. The molecule has 5 nitrogen and oxygen atoms in total. The summed E-state index contributed by atoms with van der Waals surface area (Å²) in [6.45, 7) is 2.05. The molecule has 0 atom stereocenters. The molecular weight excluding hydrogens is 298 g/mol. The third kappa shape index (κ3) is 2.82. The van der Waals surface area contributed by atoms with Gasteiger partial charge < -0.3 is 0 Å². The molecule has 1 aromatic heterocycles. The number of rotatable bonds is 4. The highest BCUT2D eigenvalue weighted by molar-refractivity contribution is 7.92. The number of imidazole rings is 1. The van der Waals surface area contributed by atoms with Crippen LogP contribution in [0.4, 0.5) is 5.69 Å². The molecule has 0 aliphatic rings. The second kappa shape index (κ2) is 5.46. The lowest BCUT2D eigenvalue weighted by Crippen LogP contribution is -2.09. The zero-order valence-corrected chi connectivity index (χ0v) is 13.3. The number of nitrogens with zero attached hydrogens (tertiary/aromatic N) is 2. The maximum atomic E-state index is 11.3. The Kier molecular flexibility index (Phi) is 3.62. The largest absolute Gasteiger partial charge is 0.296 e.